The summed E-state index contributed by atoms with van der Waals surface area (Å²) in [5.74, 6) is -0.566. The lowest BCUT2D eigenvalue weighted by molar-refractivity contribution is -0.216. The summed E-state index contributed by atoms with van der Waals surface area (Å²) in [6.07, 6.45) is 2.59. The number of anilines is 1. The maximum atomic E-state index is 13.9. The molecule has 1 atom stereocenters. The number of unbranched alkanes of at least 4 members (excludes halogenated alkanes) is 1. The number of hydroxylamine groups is 2. The van der Waals surface area contributed by atoms with Crippen LogP contribution in [0.15, 0.2) is 78.9 Å². The van der Waals surface area contributed by atoms with Gasteiger partial charge in [0.2, 0.25) is 18.7 Å². The normalized spacial score (nSPS) is 12.9. The number of fused-ring (bicyclic) bond motifs is 1. The molecule has 4 rings (SSSR count). The number of aliphatic carboxylic acids is 1. The van der Waals surface area contributed by atoms with Crippen molar-refractivity contribution in [2.45, 2.75) is 91.4 Å². The van der Waals surface area contributed by atoms with Crippen LogP contribution in [-0.4, -0.2) is 76.0 Å². The van der Waals surface area contributed by atoms with Gasteiger partial charge in [-0.1, -0.05) is 81.4 Å². The van der Waals surface area contributed by atoms with Crippen molar-refractivity contribution in [1.29, 1.82) is 0 Å². The summed E-state index contributed by atoms with van der Waals surface area (Å²) in [4.78, 5) is 64.5. The van der Waals surface area contributed by atoms with E-state index in [9.17, 15) is 24.3 Å². The van der Waals surface area contributed by atoms with Gasteiger partial charge in [0.25, 0.3) is 0 Å². The summed E-state index contributed by atoms with van der Waals surface area (Å²) < 4.78 is 6.15. The average molecular weight is 727 g/mol. The third-order valence-electron chi connectivity index (χ3n) is 9.46. The summed E-state index contributed by atoms with van der Waals surface area (Å²) in [6, 6.07) is 25.1. The summed E-state index contributed by atoms with van der Waals surface area (Å²) in [5, 5.41) is 12.9. The maximum absolute atomic E-state index is 13.9. The van der Waals surface area contributed by atoms with Crippen LogP contribution in [0.1, 0.15) is 77.5 Å². The number of aromatic amines is 1. The standard InChI is InChI=1S/C42H54N4O7/c1-40(2,3)42(39(50)51,23-14-15-24-45(29-47)53-41(4,5)6)46(30-48)38-35(27-37(49)44(7)25-22-31-16-10-8-11-17-31)34-26-33(20-21-36(34)43-38)52-28-32-18-12-9-13-19-32/h8-13,16-21,26,29-30,43H,14-15,22-25,27-28H2,1-7H3,(H,50,51). The van der Waals surface area contributed by atoms with Gasteiger partial charge in [-0.25, -0.2) is 9.86 Å². The molecule has 0 spiro atoms. The Labute approximate surface area is 312 Å². The largest absolute Gasteiger partial charge is 0.489 e. The molecule has 0 saturated heterocycles. The Kier molecular flexibility index (Phi) is 13.5. The van der Waals surface area contributed by atoms with Gasteiger partial charge in [-0.2, -0.15) is 0 Å². The lowest BCUT2D eigenvalue weighted by Crippen LogP contribution is -2.63. The number of benzene rings is 3. The van der Waals surface area contributed by atoms with Crippen molar-refractivity contribution in [3.8, 4) is 5.75 Å². The van der Waals surface area contributed by atoms with E-state index in [4.69, 9.17) is 9.57 Å². The van der Waals surface area contributed by atoms with Crippen molar-refractivity contribution in [2.75, 3.05) is 25.0 Å². The minimum absolute atomic E-state index is 0.0674. The molecule has 0 aliphatic rings. The zero-order valence-corrected chi connectivity index (χ0v) is 32.1. The molecule has 11 heteroatoms. The number of carboxylic acids is 1. The molecule has 284 valence electrons. The van der Waals surface area contributed by atoms with E-state index in [1.807, 2.05) is 93.6 Å². The highest BCUT2D eigenvalue weighted by Gasteiger charge is 2.54. The van der Waals surface area contributed by atoms with E-state index in [1.54, 1.807) is 38.8 Å². The predicted octanol–water partition coefficient (Wildman–Crippen LogP) is 7.18. The fraction of sp³-hybridized carbons (Fsp3) is 0.429. The van der Waals surface area contributed by atoms with Crippen LogP contribution < -0.4 is 9.64 Å². The number of likely N-dealkylation sites (N-methyl/N-ethyl adjacent to an activating group) is 1. The Hall–Kier alpha value is -5.16. The number of H-pyrrole nitrogens is 1. The van der Waals surface area contributed by atoms with Crippen LogP contribution in [0.4, 0.5) is 5.82 Å². The van der Waals surface area contributed by atoms with Crippen molar-refractivity contribution >= 4 is 41.4 Å². The van der Waals surface area contributed by atoms with Crippen molar-refractivity contribution in [1.82, 2.24) is 14.9 Å². The minimum Gasteiger partial charge on any atom is -0.489 e. The topological polar surface area (TPSA) is 132 Å². The molecule has 1 heterocycles. The van der Waals surface area contributed by atoms with E-state index in [0.29, 0.717) is 67.5 Å². The number of hydrogen-bond acceptors (Lipinski definition) is 6. The quantitative estimate of drug-likeness (QED) is 0.0594. The van der Waals surface area contributed by atoms with Crippen LogP contribution >= 0.6 is 0 Å². The first-order valence-corrected chi connectivity index (χ1v) is 18.1. The fourth-order valence-corrected chi connectivity index (χ4v) is 6.62. The maximum Gasteiger partial charge on any atom is 0.330 e. The van der Waals surface area contributed by atoms with Gasteiger partial charge >= 0.3 is 5.97 Å². The van der Waals surface area contributed by atoms with Gasteiger partial charge in [0.1, 0.15) is 18.2 Å². The second kappa shape index (κ2) is 17.6. The second-order valence-corrected chi connectivity index (χ2v) is 15.5. The molecule has 11 nitrogen and oxygen atoms in total. The lowest BCUT2D eigenvalue weighted by atomic mass is 9.69. The molecule has 0 radical (unpaired) electrons. The summed E-state index contributed by atoms with van der Waals surface area (Å²) in [6.45, 7) is 11.9. The summed E-state index contributed by atoms with van der Waals surface area (Å²) in [5.41, 5.74) is -0.0848. The van der Waals surface area contributed by atoms with Crippen LogP contribution in [0.2, 0.25) is 0 Å². The van der Waals surface area contributed by atoms with Crippen molar-refractivity contribution in [2.24, 2.45) is 5.41 Å². The van der Waals surface area contributed by atoms with E-state index in [0.717, 1.165) is 11.1 Å². The molecule has 0 aliphatic heterocycles. The average Bonchev–Trinajstić information content (AvgIpc) is 3.46. The van der Waals surface area contributed by atoms with Crippen molar-refractivity contribution in [3.05, 3.63) is 95.6 Å². The highest BCUT2D eigenvalue weighted by atomic mass is 16.7. The van der Waals surface area contributed by atoms with Crippen LogP contribution in [0.25, 0.3) is 10.9 Å². The Morgan fingerprint density at radius 3 is 2.04 bits per heavy atom. The predicted molar refractivity (Wildman–Crippen MR) is 206 cm³/mol. The molecule has 0 bridgehead atoms. The molecule has 1 aromatic heterocycles. The number of rotatable bonds is 19. The second-order valence-electron chi connectivity index (χ2n) is 15.5. The number of carboxylic acid groups (broad SMARTS) is 1. The molecule has 3 aromatic carbocycles. The third kappa shape index (κ3) is 10.3. The number of amides is 3. The number of carbonyl (C=O) groups is 4. The zero-order chi connectivity index (χ0) is 38.8. The third-order valence-corrected chi connectivity index (χ3v) is 9.46. The highest BCUT2D eigenvalue weighted by Crippen LogP contribution is 2.44. The van der Waals surface area contributed by atoms with Gasteiger partial charge in [0.05, 0.1) is 12.0 Å². The number of aromatic nitrogens is 1. The van der Waals surface area contributed by atoms with Gasteiger partial charge < -0.3 is 19.7 Å². The fourth-order valence-electron chi connectivity index (χ4n) is 6.62. The first kappa shape index (κ1) is 40.6. The van der Waals surface area contributed by atoms with Crippen LogP contribution in [0.5, 0.6) is 5.75 Å². The Balaban J connectivity index is 1.73. The van der Waals surface area contributed by atoms with Crippen LogP contribution in [-0.2, 0) is 43.5 Å². The van der Waals surface area contributed by atoms with Gasteiger partial charge in [-0.15, -0.1) is 0 Å². The highest BCUT2D eigenvalue weighted by molar-refractivity contribution is 6.00. The zero-order valence-electron chi connectivity index (χ0n) is 32.1. The van der Waals surface area contributed by atoms with Crippen molar-refractivity contribution in [3.63, 3.8) is 0 Å². The molecule has 0 fully saturated rings. The Bertz CT molecular complexity index is 1830. The monoisotopic (exact) mass is 726 g/mol. The smallest absolute Gasteiger partial charge is 0.330 e. The molecule has 3 amide bonds. The number of hydrogen-bond donors (Lipinski definition) is 2. The summed E-state index contributed by atoms with van der Waals surface area (Å²) >= 11 is 0. The van der Waals surface area contributed by atoms with Crippen LogP contribution in [0.3, 0.4) is 0 Å². The molecular weight excluding hydrogens is 672 g/mol. The Morgan fingerprint density at radius 2 is 1.47 bits per heavy atom. The molecule has 1 unspecified atom stereocenters. The number of ether oxygens (including phenoxy) is 1. The number of nitrogens with zero attached hydrogens (tertiary/aromatic N) is 3. The first-order chi connectivity index (χ1) is 25.1. The lowest BCUT2D eigenvalue weighted by Gasteiger charge is -2.47. The van der Waals surface area contributed by atoms with E-state index in [-0.39, 0.29) is 31.1 Å². The van der Waals surface area contributed by atoms with Gasteiger partial charge in [-0.3, -0.25) is 24.1 Å². The molecule has 4 aromatic rings. The SMILES string of the molecule is CN(CCc1ccccc1)C(=O)Cc1c(N(C=O)C(CCCCN(C=O)OC(C)(C)C)(C(=O)O)C(C)(C)C)[nH]c2ccc(OCc3ccccc3)cc12. The van der Waals surface area contributed by atoms with Crippen LogP contribution in [0, 0.1) is 5.41 Å². The molecule has 2 N–H and O–H groups in total. The van der Waals surface area contributed by atoms with Gasteiger partial charge in [0, 0.05) is 36.6 Å². The minimum atomic E-state index is -1.74. The van der Waals surface area contributed by atoms with E-state index >= 15 is 0 Å². The molecular formula is C42H54N4O7. The van der Waals surface area contributed by atoms with Gasteiger partial charge in [0.15, 0.2) is 5.54 Å². The molecule has 0 aliphatic carbocycles. The molecule has 53 heavy (non-hydrogen) atoms. The van der Waals surface area contributed by atoms with E-state index in [1.165, 1.54) is 9.96 Å². The van der Waals surface area contributed by atoms with E-state index in [2.05, 4.69) is 4.98 Å². The number of nitrogens with one attached hydrogen (secondary N) is 1. The van der Waals surface area contributed by atoms with Crippen molar-refractivity contribution < 1.29 is 33.9 Å². The first-order valence-electron chi connectivity index (χ1n) is 18.1. The van der Waals surface area contributed by atoms with Gasteiger partial charge in [-0.05, 0) is 81.2 Å². The molecule has 0 saturated carbocycles. The Morgan fingerprint density at radius 1 is 0.830 bits per heavy atom. The van der Waals surface area contributed by atoms with E-state index < -0.39 is 22.5 Å². The number of carbonyl (C=O) groups excluding carboxylic acids is 3. The summed E-state index contributed by atoms with van der Waals surface area (Å²) in [7, 11) is 1.74.